The van der Waals surface area contributed by atoms with Crippen LogP contribution in [0.25, 0.3) is 16.6 Å². The van der Waals surface area contributed by atoms with Crippen molar-refractivity contribution in [3.05, 3.63) is 60.4 Å². The number of pyridine rings is 1. The average Bonchev–Trinajstić information content (AvgIpc) is 2.69. The second kappa shape index (κ2) is 3.49. The van der Waals surface area contributed by atoms with Crippen molar-refractivity contribution >= 4 is 5.52 Å². The number of benzene rings is 1. The highest BCUT2D eigenvalue weighted by atomic mass is 15.2. The fourth-order valence-corrected chi connectivity index (χ4v) is 1.93. The highest BCUT2D eigenvalue weighted by Gasteiger charge is 2.00. The van der Waals surface area contributed by atoms with Crippen molar-refractivity contribution in [1.82, 2.24) is 9.61 Å². The Morgan fingerprint density at radius 1 is 0.938 bits per heavy atom. The van der Waals surface area contributed by atoms with Gasteiger partial charge in [0.15, 0.2) is 0 Å². The van der Waals surface area contributed by atoms with Gasteiger partial charge in [0.25, 0.3) is 0 Å². The highest BCUT2D eigenvalue weighted by molar-refractivity contribution is 5.68. The van der Waals surface area contributed by atoms with Gasteiger partial charge in [-0.2, -0.15) is 5.10 Å². The summed E-state index contributed by atoms with van der Waals surface area (Å²) in [5.41, 5.74) is 4.65. The molecule has 16 heavy (non-hydrogen) atoms. The highest BCUT2D eigenvalue weighted by Crippen LogP contribution is 2.20. The first-order valence-corrected chi connectivity index (χ1v) is 5.34. The summed E-state index contributed by atoms with van der Waals surface area (Å²) in [7, 11) is 0. The summed E-state index contributed by atoms with van der Waals surface area (Å²) in [6, 6.07) is 16.7. The molecule has 0 aliphatic carbocycles. The van der Waals surface area contributed by atoms with Crippen molar-refractivity contribution in [2.45, 2.75) is 6.92 Å². The number of fused-ring (bicyclic) bond motifs is 1. The maximum Gasteiger partial charge on any atom is 0.0670 e. The Labute approximate surface area is 94.2 Å². The molecule has 2 heteroatoms. The minimum absolute atomic E-state index is 1.05. The Bertz CT molecular complexity index is 624. The monoisotopic (exact) mass is 208 g/mol. The van der Waals surface area contributed by atoms with Gasteiger partial charge in [-0.1, -0.05) is 30.3 Å². The zero-order valence-electron chi connectivity index (χ0n) is 9.09. The van der Waals surface area contributed by atoms with E-state index in [0.29, 0.717) is 0 Å². The first-order chi connectivity index (χ1) is 7.83. The Balaban J connectivity index is 2.18. The Kier molecular flexibility index (Phi) is 2.00. The minimum Gasteiger partial charge on any atom is -0.241 e. The summed E-state index contributed by atoms with van der Waals surface area (Å²) in [4.78, 5) is 0. The summed E-state index contributed by atoms with van der Waals surface area (Å²) < 4.78 is 1.90. The predicted octanol–water partition coefficient (Wildman–Crippen LogP) is 3.31. The zero-order valence-corrected chi connectivity index (χ0v) is 9.09. The molecule has 0 saturated heterocycles. The smallest absolute Gasteiger partial charge is 0.0670 e. The van der Waals surface area contributed by atoms with Crippen LogP contribution in [0, 0.1) is 6.92 Å². The number of aryl methyl sites for hydroxylation is 1. The van der Waals surface area contributed by atoms with Crippen LogP contribution in [-0.4, -0.2) is 9.61 Å². The lowest BCUT2D eigenvalue weighted by atomic mass is 10.1. The molecule has 1 aromatic carbocycles. The third-order valence-electron chi connectivity index (χ3n) is 2.69. The largest absolute Gasteiger partial charge is 0.241 e. The van der Waals surface area contributed by atoms with E-state index in [1.54, 1.807) is 0 Å². The van der Waals surface area contributed by atoms with Crippen molar-refractivity contribution in [3.8, 4) is 11.1 Å². The Morgan fingerprint density at radius 2 is 1.75 bits per heavy atom. The summed E-state index contributed by atoms with van der Waals surface area (Å²) in [5.74, 6) is 0. The standard InChI is InChI=1S/C14H12N2/c1-11-9-14-10-13(7-8-16(14)15-11)12-5-3-2-4-6-12/h2-10H,1H3. The maximum atomic E-state index is 4.36. The molecule has 0 saturated carbocycles. The van der Waals surface area contributed by atoms with Gasteiger partial charge in [-0.05, 0) is 36.2 Å². The molecule has 0 radical (unpaired) electrons. The SMILES string of the molecule is Cc1cc2cc(-c3ccccc3)ccn2n1. The molecular weight excluding hydrogens is 196 g/mol. The number of hydrogen-bond donors (Lipinski definition) is 0. The van der Waals surface area contributed by atoms with Crippen LogP contribution in [0.5, 0.6) is 0 Å². The minimum atomic E-state index is 1.05. The molecule has 3 rings (SSSR count). The molecule has 0 bridgehead atoms. The fraction of sp³-hybridized carbons (Fsp3) is 0.0714. The topological polar surface area (TPSA) is 17.3 Å². The lowest BCUT2D eigenvalue weighted by Crippen LogP contribution is -1.86. The van der Waals surface area contributed by atoms with Crippen LogP contribution in [0.2, 0.25) is 0 Å². The van der Waals surface area contributed by atoms with Crippen LogP contribution in [0.1, 0.15) is 5.69 Å². The van der Waals surface area contributed by atoms with Crippen molar-refractivity contribution < 1.29 is 0 Å². The molecule has 0 unspecified atom stereocenters. The number of rotatable bonds is 1. The van der Waals surface area contributed by atoms with Gasteiger partial charge in [0, 0.05) is 6.20 Å². The predicted molar refractivity (Wildman–Crippen MR) is 65.4 cm³/mol. The van der Waals surface area contributed by atoms with E-state index in [-0.39, 0.29) is 0 Å². The third-order valence-corrected chi connectivity index (χ3v) is 2.69. The summed E-state index contributed by atoms with van der Waals surface area (Å²) in [5, 5.41) is 4.36. The first kappa shape index (κ1) is 9.16. The van der Waals surface area contributed by atoms with Crippen LogP contribution in [0.15, 0.2) is 54.7 Å². The lowest BCUT2D eigenvalue weighted by Gasteiger charge is -2.01. The lowest BCUT2D eigenvalue weighted by molar-refractivity contribution is 0.935. The maximum absolute atomic E-state index is 4.36. The van der Waals surface area contributed by atoms with E-state index in [1.807, 2.05) is 23.7 Å². The van der Waals surface area contributed by atoms with E-state index in [2.05, 4.69) is 47.6 Å². The molecule has 2 aromatic heterocycles. The van der Waals surface area contributed by atoms with E-state index >= 15 is 0 Å². The number of hydrogen-bond acceptors (Lipinski definition) is 1. The molecule has 2 nitrogen and oxygen atoms in total. The normalized spacial score (nSPS) is 10.8. The fourth-order valence-electron chi connectivity index (χ4n) is 1.93. The van der Waals surface area contributed by atoms with Crippen molar-refractivity contribution in [1.29, 1.82) is 0 Å². The molecule has 0 atom stereocenters. The van der Waals surface area contributed by atoms with E-state index in [0.717, 1.165) is 11.2 Å². The second-order valence-electron chi connectivity index (χ2n) is 3.94. The summed E-state index contributed by atoms with van der Waals surface area (Å²) >= 11 is 0. The van der Waals surface area contributed by atoms with Gasteiger partial charge in [0.05, 0.1) is 11.2 Å². The Hall–Kier alpha value is -2.09. The van der Waals surface area contributed by atoms with E-state index in [4.69, 9.17) is 0 Å². The average molecular weight is 208 g/mol. The van der Waals surface area contributed by atoms with Gasteiger partial charge >= 0.3 is 0 Å². The molecule has 3 aromatic rings. The van der Waals surface area contributed by atoms with E-state index < -0.39 is 0 Å². The van der Waals surface area contributed by atoms with Crippen LogP contribution in [0.3, 0.4) is 0 Å². The molecule has 0 amide bonds. The van der Waals surface area contributed by atoms with Crippen molar-refractivity contribution in [2.75, 3.05) is 0 Å². The van der Waals surface area contributed by atoms with E-state index in [9.17, 15) is 0 Å². The molecule has 0 spiro atoms. The van der Waals surface area contributed by atoms with E-state index in [1.165, 1.54) is 11.1 Å². The molecular formula is C14H12N2. The summed E-state index contributed by atoms with van der Waals surface area (Å²) in [6.07, 6.45) is 2.00. The molecule has 2 heterocycles. The van der Waals surface area contributed by atoms with Crippen LogP contribution >= 0.6 is 0 Å². The molecule has 0 aliphatic rings. The van der Waals surface area contributed by atoms with Crippen LogP contribution < -0.4 is 0 Å². The molecule has 0 aliphatic heterocycles. The number of aromatic nitrogens is 2. The first-order valence-electron chi connectivity index (χ1n) is 5.34. The van der Waals surface area contributed by atoms with Gasteiger partial charge in [-0.15, -0.1) is 0 Å². The second-order valence-corrected chi connectivity index (χ2v) is 3.94. The zero-order chi connectivity index (χ0) is 11.0. The third kappa shape index (κ3) is 1.48. The van der Waals surface area contributed by atoms with Crippen LogP contribution in [0.4, 0.5) is 0 Å². The molecule has 0 N–H and O–H groups in total. The molecule has 78 valence electrons. The molecule has 0 fully saturated rings. The van der Waals surface area contributed by atoms with Gasteiger partial charge in [0.2, 0.25) is 0 Å². The number of nitrogens with zero attached hydrogens (tertiary/aromatic N) is 2. The quantitative estimate of drug-likeness (QED) is 0.599. The van der Waals surface area contributed by atoms with Crippen molar-refractivity contribution in [2.24, 2.45) is 0 Å². The summed E-state index contributed by atoms with van der Waals surface area (Å²) in [6.45, 7) is 2.01. The van der Waals surface area contributed by atoms with Crippen LogP contribution in [-0.2, 0) is 0 Å². The van der Waals surface area contributed by atoms with Gasteiger partial charge in [-0.3, -0.25) is 0 Å². The van der Waals surface area contributed by atoms with Gasteiger partial charge in [-0.25, -0.2) is 4.52 Å². The van der Waals surface area contributed by atoms with Crippen molar-refractivity contribution in [3.63, 3.8) is 0 Å². The van der Waals surface area contributed by atoms with Gasteiger partial charge < -0.3 is 0 Å². The van der Waals surface area contributed by atoms with Gasteiger partial charge in [0.1, 0.15) is 0 Å². The Morgan fingerprint density at radius 3 is 2.56 bits per heavy atom.